The summed E-state index contributed by atoms with van der Waals surface area (Å²) in [5.41, 5.74) is 11.3. The number of phenols is 1. The van der Waals surface area contributed by atoms with E-state index < -0.39 is 0 Å². The molecule has 1 aromatic carbocycles. The Hall–Kier alpha value is -3.74. The first-order valence-corrected chi connectivity index (χ1v) is 7.69. The van der Waals surface area contributed by atoms with Gasteiger partial charge in [-0.1, -0.05) is 12.1 Å². The minimum absolute atomic E-state index is 0.142. The van der Waals surface area contributed by atoms with E-state index in [4.69, 9.17) is 10.2 Å². The van der Waals surface area contributed by atoms with Crippen LogP contribution in [0.1, 0.15) is 0 Å². The minimum atomic E-state index is 0.142. The number of H-pyrrole nitrogens is 1. The molecule has 25 heavy (non-hydrogen) atoms. The fourth-order valence-corrected chi connectivity index (χ4v) is 3.01. The van der Waals surface area contributed by atoms with Crippen molar-refractivity contribution < 1.29 is 9.52 Å². The Morgan fingerprint density at radius 2 is 1.96 bits per heavy atom. The molecule has 7 nitrogen and oxygen atoms in total. The maximum atomic E-state index is 9.61. The van der Waals surface area contributed by atoms with Gasteiger partial charge >= 0.3 is 0 Å². The average molecular weight is 331 g/mol. The van der Waals surface area contributed by atoms with Gasteiger partial charge < -0.3 is 20.6 Å². The van der Waals surface area contributed by atoms with E-state index in [2.05, 4.69) is 20.5 Å². The van der Waals surface area contributed by atoms with Gasteiger partial charge in [-0.3, -0.25) is 5.10 Å². The summed E-state index contributed by atoms with van der Waals surface area (Å²) < 4.78 is 5.46. The molecular weight excluding hydrogens is 318 g/mol. The highest BCUT2D eigenvalue weighted by molar-refractivity contribution is 5.98. The third-order valence-corrected chi connectivity index (χ3v) is 4.19. The molecule has 0 amide bonds. The van der Waals surface area contributed by atoms with Crippen molar-refractivity contribution in [2.75, 3.05) is 11.1 Å². The van der Waals surface area contributed by atoms with Gasteiger partial charge in [-0.05, 0) is 12.1 Å². The Balaban J connectivity index is 1.62. The number of nitrogens with two attached hydrogens (primary N) is 1. The molecule has 2 bridgehead atoms. The first-order chi connectivity index (χ1) is 12.2. The molecule has 0 aliphatic carbocycles. The predicted octanol–water partition coefficient (Wildman–Crippen LogP) is 3.84. The van der Waals surface area contributed by atoms with Gasteiger partial charge in [0.05, 0.1) is 22.6 Å². The molecule has 0 aliphatic heterocycles. The average Bonchev–Trinajstić information content (AvgIpc) is 3.31. The number of rotatable bonds is 3. The van der Waals surface area contributed by atoms with Gasteiger partial charge in [0.1, 0.15) is 5.82 Å². The topological polar surface area (TPSA) is 113 Å². The van der Waals surface area contributed by atoms with Crippen LogP contribution in [-0.2, 0) is 0 Å². The van der Waals surface area contributed by atoms with Gasteiger partial charge in [-0.25, -0.2) is 4.98 Å². The number of phenolic OH excluding ortho intramolecular Hbond substituents is 1. The maximum Gasteiger partial charge on any atom is 0.171 e. The van der Waals surface area contributed by atoms with Crippen LogP contribution in [0.15, 0.2) is 53.1 Å². The Morgan fingerprint density at radius 1 is 1.04 bits per heavy atom. The van der Waals surface area contributed by atoms with E-state index in [-0.39, 0.29) is 5.75 Å². The van der Waals surface area contributed by atoms with E-state index in [1.165, 1.54) is 0 Å². The predicted molar refractivity (Wildman–Crippen MR) is 96.1 cm³/mol. The van der Waals surface area contributed by atoms with E-state index in [1.807, 2.05) is 24.3 Å². The van der Waals surface area contributed by atoms with Crippen molar-refractivity contribution in [3.63, 3.8) is 0 Å². The van der Waals surface area contributed by atoms with Crippen molar-refractivity contribution in [2.45, 2.75) is 0 Å². The van der Waals surface area contributed by atoms with E-state index in [0.29, 0.717) is 17.0 Å². The molecule has 7 heteroatoms. The Morgan fingerprint density at radius 3 is 2.68 bits per heavy atom. The Kier molecular flexibility index (Phi) is 2.67. The molecule has 5 N–H and O–H groups in total. The molecule has 4 heterocycles. The lowest BCUT2D eigenvalue weighted by atomic mass is 10.1. The summed E-state index contributed by atoms with van der Waals surface area (Å²) in [6, 6.07) is 13.0. The fourth-order valence-electron chi connectivity index (χ4n) is 3.01. The van der Waals surface area contributed by atoms with Crippen molar-refractivity contribution in [3.8, 4) is 17.0 Å². The summed E-state index contributed by atoms with van der Waals surface area (Å²) in [6.45, 7) is 0. The lowest BCUT2D eigenvalue weighted by Crippen LogP contribution is -1.97. The molecule has 0 spiro atoms. The highest BCUT2D eigenvalue weighted by atomic mass is 16.4. The van der Waals surface area contributed by atoms with Crippen molar-refractivity contribution in [2.24, 2.45) is 0 Å². The molecule has 0 fully saturated rings. The number of pyridine rings is 1. The molecule has 0 saturated heterocycles. The number of anilines is 3. The molecule has 0 aliphatic rings. The van der Waals surface area contributed by atoms with Gasteiger partial charge in [0, 0.05) is 35.3 Å². The number of aromatic amines is 1. The Labute approximate surface area is 141 Å². The molecule has 0 unspecified atom stereocenters. The normalized spacial score (nSPS) is 11.5. The molecule has 5 rings (SSSR count). The van der Waals surface area contributed by atoms with Crippen LogP contribution < -0.4 is 11.1 Å². The third kappa shape index (κ3) is 2.13. The lowest BCUT2D eigenvalue weighted by Gasteiger charge is -2.10. The number of fused-ring (bicyclic) bond motifs is 3. The van der Waals surface area contributed by atoms with E-state index in [0.717, 1.165) is 33.5 Å². The van der Waals surface area contributed by atoms with Gasteiger partial charge in [0.25, 0.3) is 0 Å². The van der Waals surface area contributed by atoms with Crippen LogP contribution >= 0.6 is 0 Å². The van der Waals surface area contributed by atoms with Gasteiger partial charge in [0.2, 0.25) is 0 Å². The SMILES string of the molecule is Nc1cc(Nc2cc3oc2cc3O)c2ccc(-c3ccn[nH]3)cc2n1. The van der Waals surface area contributed by atoms with Crippen LogP contribution in [0.4, 0.5) is 17.2 Å². The zero-order valence-electron chi connectivity index (χ0n) is 12.9. The van der Waals surface area contributed by atoms with Gasteiger partial charge in [-0.2, -0.15) is 5.10 Å². The van der Waals surface area contributed by atoms with Crippen molar-refractivity contribution in [1.29, 1.82) is 0 Å². The van der Waals surface area contributed by atoms with Gasteiger partial charge in [-0.15, -0.1) is 0 Å². The number of nitrogen functional groups attached to an aromatic ring is 1. The number of nitrogens with one attached hydrogen (secondary N) is 2. The second-order valence-electron chi connectivity index (χ2n) is 5.84. The van der Waals surface area contributed by atoms with Crippen LogP contribution in [0, 0.1) is 0 Å². The molecule has 0 saturated carbocycles. The van der Waals surface area contributed by atoms with Gasteiger partial charge in [0.15, 0.2) is 16.9 Å². The summed E-state index contributed by atoms with van der Waals surface area (Å²) >= 11 is 0. The largest absolute Gasteiger partial charge is 0.504 e. The maximum absolute atomic E-state index is 9.61. The summed E-state index contributed by atoms with van der Waals surface area (Å²) in [6.07, 6.45) is 1.71. The second-order valence-corrected chi connectivity index (χ2v) is 5.84. The van der Waals surface area contributed by atoms with E-state index in [1.54, 1.807) is 24.4 Å². The molecule has 5 aromatic rings. The van der Waals surface area contributed by atoms with Crippen LogP contribution in [0.3, 0.4) is 0 Å². The second kappa shape index (κ2) is 4.88. The van der Waals surface area contributed by atoms with Crippen LogP contribution in [0.25, 0.3) is 33.3 Å². The number of benzene rings is 2. The zero-order valence-corrected chi connectivity index (χ0v) is 12.9. The van der Waals surface area contributed by atoms with E-state index >= 15 is 0 Å². The zero-order chi connectivity index (χ0) is 17.0. The number of furan rings is 2. The lowest BCUT2D eigenvalue weighted by molar-refractivity contribution is 0.476. The highest BCUT2D eigenvalue weighted by Crippen LogP contribution is 2.38. The van der Waals surface area contributed by atoms with Crippen molar-refractivity contribution >= 4 is 39.3 Å². The summed E-state index contributed by atoms with van der Waals surface area (Å²) in [4.78, 5) is 4.43. The Bertz CT molecular complexity index is 1190. The molecule has 122 valence electrons. The monoisotopic (exact) mass is 331 g/mol. The van der Waals surface area contributed by atoms with Crippen LogP contribution in [0.2, 0.25) is 0 Å². The summed E-state index contributed by atoms with van der Waals surface area (Å²) in [5, 5.41) is 20.8. The summed E-state index contributed by atoms with van der Waals surface area (Å²) in [7, 11) is 0. The number of aromatic hydroxyl groups is 1. The molecule has 0 atom stereocenters. The summed E-state index contributed by atoms with van der Waals surface area (Å²) in [5.74, 6) is 0.557. The van der Waals surface area contributed by atoms with Crippen molar-refractivity contribution in [1.82, 2.24) is 15.2 Å². The number of nitrogens with zero attached hydrogens (tertiary/aromatic N) is 2. The first-order valence-electron chi connectivity index (χ1n) is 7.69. The van der Waals surface area contributed by atoms with E-state index in [9.17, 15) is 5.11 Å². The first kappa shape index (κ1) is 13.7. The number of hydrogen-bond donors (Lipinski definition) is 4. The number of hydrogen-bond acceptors (Lipinski definition) is 6. The smallest absolute Gasteiger partial charge is 0.171 e. The number of aromatic nitrogens is 3. The standard InChI is InChI=1S/C18H13N5O2/c19-18-7-13(21-14-6-17-15(24)8-16(14)25-17)10-2-1-9(5-12(10)22-18)11-3-4-20-23-11/h1-8,24H,(H,20,23)(H3,19,21,22). The van der Waals surface area contributed by atoms with Crippen molar-refractivity contribution in [3.05, 3.63) is 48.7 Å². The fraction of sp³-hybridized carbons (Fsp3) is 0. The minimum Gasteiger partial charge on any atom is -0.504 e. The molecule has 4 aromatic heterocycles. The highest BCUT2D eigenvalue weighted by Gasteiger charge is 2.14. The quantitative estimate of drug-likeness (QED) is 0.374. The van der Waals surface area contributed by atoms with Crippen LogP contribution in [-0.4, -0.2) is 20.3 Å². The van der Waals surface area contributed by atoms with Crippen LogP contribution in [0.5, 0.6) is 5.75 Å². The molecule has 0 radical (unpaired) electrons. The molecular formula is C18H13N5O2. The third-order valence-electron chi connectivity index (χ3n) is 4.19.